The zero-order valence-corrected chi connectivity index (χ0v) is 25.8. The molecule has 2 unspecified atom stereocenters. The highest BCUT2D eigenvalue weighted by Crippen LogP contribution is 2.32. The lowest BCUT2D eigenvalue weighted by Crippen LogP contribution is -2.41. The maximum atomic E-state index is 11.1. The monoisotopic (exact) mass is 602 g/mol. The molecule has 2 aliphatic heterocycles. The molecule has 3 aromatic rings. The molecule has 2 heterocycles. The first kappa shape index (κ1) is 31.6. The van der Waals surface area contributed by atoms with Crippen molar-refractivity contribution < 1.29 is 23.7 Å². The maximum absolute atomic E-state index is 11.1. The van der Waals surface area contributed by atoms with Crippen molar-refractivity contribution in [1.82, 2.24) is 10.6 Å². The Morgan fingerprint density at radius 1 is 1.07 bits per heavy atom. The van der Waals surface area contributed by atoms with Crippen LogP contribution in [0.25, 0.3) is 0 Å². The molecule has 4 N–H and O–H groups in total. The molecule has 44 heavy (non-hydrogen) atoms. The molecule has 0 spiro atoms. The van der Waals surface area contributed by atoms with Crippen LogP contribution in [-0.4, -0.2) is 65.2 Å². The molecule has 3 aromatic carbocycles. The van der Waals surface area contributed by atoms with Crippen LogP contribution in [0, 0.1) is 0 Å². The van der Waals surface area contributed by atoms with E-state index in [4.69, 9.17) is 24.7 Å². The second-order valence-corrected chi connectivity index (χ2v) is 11.4. The van der Waals surface area contributed by atoms with Gasteiger partial charge in [0.15, 0.2) is 0 Å². The van der Waals surface area contributed by atoms with Crippen molar-refractivity contribution in [2.24, 2.45) is 5.73 Å². The number of ether oxygens (including phenoxy) is 4. The number of methoxy groups -OCH3 is 1. The van der Waals surface area contributed by atoms with E-state index >= 15 is 0 Å². The summed E-state index contributed by atoms with van der Waals surface area (Å²) in [5.74, 6) is 2.04. The summed E-state index contributed by atoms with van der Waals surface area (Å²) in [5.41, 5.74) is 11.3. The predicted octanol–water partition coefficient (Wildman–Crippen LogP) is 4.76. The first-order chi connectivity index (χ1) is 21.6. The minimum atomic E-state index is -0.482. The highest BCUT2D eigenvalue weighted by molar-refractivity contribution is 5.71. The van der Waals surface area contributed by atoms with E-state index in [9.17, 15) is 4.79 Å². The maximum Gasteiger partial charge on any atom is 0.312 e. The van der Waals surface area contributed by atoms with Crippen LogP contribution in [-0.2, 0) is 29.1 Å². The minimum absolute atomic E-state index is 0.0859. The SMILES string of the molecule is COc1ccccc1COCCCOc1ccc(C2CCNCC2OCc2ccc3c(c2)N(CCNC(N)=O)CCC3)cc1. The molecule has 0 saturated carbocycles. The number of nitrogens with two attached hydrogens (primary N) is 1. The quantitative estimate of drug-likeness (QED) is 0.215. The average molecular weight is 603 g/mol. The van der Waals surface area contributed by atoms with E-state index in [2.05, 4.69) is 58.0 Å². The van der Waals surface area contributed by atoms with Gasteiger partial charge in [0.2, 0.25) is 0 Å². The molecule has 9 heteroatoms. The van der Waals surface area contributed by atoms with E-state index in [0.717, 1.165) is 68.9 Å². The van der Waals surface area contributed by atoms with Gasteiger partial charge in [-0.2, -0.15) is 0 Å². The standard InChI is InChI=1S/C35H46N4O5/c1-41-33-8-3-2-6-29(33)25-42-20-5-21-43-30-13-11-27(12-14-30)31-15-16-37-23-34(31)44-24-26-9-10-28-7-4-18-39(32(28)22-26)19-17-38-35(36)40/h2-3,6,8-14,22,31,34,37H,4-5,7,15-21,23-25H2,1H3,(H3,36,38,40). The van der Waals surface area contributed by atoms with Gasteiger partial charge in [0.25, 0.3) is 0 Å². The first-order valence-corrected chi connectivity index (χ1v) is 15.8. The Morgan fingerprint density at radius 2 is 1.93 bits per heavy atom. The third kappa shape index (κ3) is 8.87. The van der Waals surface area contributed by atoms with Crippen molar-refractivity contribution >= 4 is 11.7 Å². The number of carbonyl (C=O) groups is 1. The molecule has 1 fully saturated rings. The van der Waals surface area contributed by atoms with Gasteiger partial charge < -0.3 is 40.2 Å². The largest absolute Gasteiger partial charge is 0.496 e. The average Bonchev–Trinajstić information content (AvgIpc) is 3.06. The lowest BCUT2D eigenvalue weighted by atomic mass is 9.87. The van der Waals surface area contributed by atoms with Gasteiger partial charge in [-0.3, -0.25) is 0 Å². The van der Waals surface area contributed by atoms with Gasteiger partial charge in [-0.25, -0.2) is 4.79 Å². The van der Waals surface area contributed by atoms with Gasteiger partial charge in [0, 0.05) is 49.8 Å². The van der Waals surface area contributed by atoms with Gasteiger partial charge >= 0.3 is 6.03 Å². The number of aryl methyl sites for hydroxylation is 1. The Morgan fingerprint density at radius 3 is 2.77 bits per heavy atom. The van der Waals surface area contributed by atoms with E-state index in [1.165, 1.54) is 22.4 Å². The molecular weight excluding hydrogens is 556 g/mol. The molecule has 0 bridgehead atoms. The number of carbonyl (C=O) groups excluding carboxylic acids is 1. The number of hydrogen-bond acceptors (Lipinski definition) is 7. The molecule has 2 aliphatic rings. The molecule has 2 amide bonds. The number of nitrogens with one attached hydrogen (secondary N) is 2. The zero-order chi connectivity index (χ0) is 30.6. The molecule has 0 aromatic heterocycles. The fourth-order valence-electron chi connectivity index (χ4n) is 6.09. The minimum Gasteiger partial charge on any atom is -0.496 e. The zero-order valence-electron chi connectivity index (χ0n) is 25.8. The first-order valence-electron chi connectivity index (χ1n) is 15.8. The number of para-hydroxylation sites is 1. The van der Waals surface area contributed by atoms with Gasteiger partial charge in [-0.15, -0.1) is 0 Å². The summed E-state index contributed by atoms with van der Waals surface area (Å²) in [6.07, 6.45) is 4.10. The summed E-state index contributed by atoms with van der Waals surface area (Å²) in [6.45, 7) is 6.37. The predicted molar refractivity (Wildman–Crippen MR) is 173 cm³/mol. The topological polar surface area (TPSA) is 107 Å². The highest BCUT2D eigenvalue weighted by atomic mass is 16.5. The summed E-state index contributed by atoms with van der Waals surface area (Å²) in [5, 5.41) is 6.22. The van der Waals surface area contributed by atoms with Crippen LogP contribution in [0.3, 0.4) is 0 Å². The molecule has 2 atom stereocenters. The van der Waals surface area contributed by atoms with Crippen molar-refractivity contribution in [2.45, 2.75) is 50.9 Å². The van der Waals surface area contributed by atoms with Gasteiger partial charge in [-0.05, 0) is 66.8 Å². The van der Waals surface area contributed by atoms with E-state index < -0.39 is 6.03 Å². The van der Waals surface area contributed by atoms with Gasteiger partial charge in [0.1, 0.15) is 11.5 Å². The lowest BCUT2D eigenvalue weighted by Gasteiger charge is -2.33. The Hall–Kier alpha value is -3.79. The van der Waals surface area contributed by atoms with Crippen molar-refractivity contribution in [2.75, 3.05) is 57.9 Å². The number of piperidine rings is 1. The molecule has 0 aliphatic carbocycles. The van der Waals surface area contributed by atoms with Crippen LogP contribution in [0.1, 0.15) is 47.4 Å². The number of primary amides is 1. The van der Waals surface area contributed by atoms with Gasteiger partial charge in [0.05, 0.1) is 39.6 Å². The third-order valence-electron chi connectivity index (χ3n) is 8.40. The molecule has 236 valence electrons. The van der Waals surface area contributed by atoms with Crippen LogP contribution >= 0.6 is 0 Å². The summed E-state index contributed by atoms with van der Waals surface area (Å²) >= 11 is 0. The van der Waals surface area contributed by atoms with Gasteiger partial charge in [-0.1, -0.05) is 42.5 Å². The van der Waals surface area contributed by atoms with Crippen LogP contribution in [0.15, 0.2) is 66.7 Å². The van der Waals surface area contributed by atoms with Crippen LogP contribution < -0.4 is 30.7 Å². The summed E-state index contributed by atoms with van der Waals surface area (Å²) in [6, 6.07) is 22.6. The number of amides is 2. The van der Waals surface area contributed by atoms with Crippen LogP contribution in [0.2, 0.25) is 0 Å². The summed E-state index contributed by atoms with van der Waals surface area (Å²) < 4.78 is 23.7. The van der Waals surface area contributed by atoms with Crippen molar-refractivity contribution in [3.8, 4) is 11.5 Å². The van der Waals surface area contributed by atoms with Crippen LogP contribution in [0.4, 0.5) is 10.5 Å². The van der Waals surface area contributed by atoms with Crippen molar-refractivity contribution in [3.63, 3.8) is 0 Å². The fourth-order valence-corrected chi connectivity index (χ4v) is 6.09. The molecule has 1 saturated heterocycles. The Bertz CT molecular complexity index is 1330. The second kappa shape index (κ2) is 16.3. The lowest BCUT2D eigenvalue weighted by molar-refractivity contribution is 0.0106. The number of urea groups is 1. The van der Waals surface area contributed by atoms with Crippen molar-refractivity contribution in [1.29, 1.82) is 0 Å². The van der Waals surface area contributed by atoms with Crippen LogP contribution in [0.5, 0.6) is 11.5 Å². The fraction of sp³-hybridized carbons (Fsp3) is 0.457. The number of rotatable bonds is 15. The Kier molecular flexibility index (Phi) is 11.7. The Labute approximate surface area is 261 Å². The van der Waals surface area contributed by atoms with E-state index in [1.807, 2.05) is 24.3 Å². The smallest absolute Gasteiger partial charge is 0.312 e. The third-order valence-corrected chi connectivity index (χ3v) is 8.40. The number of anilines is 1. The molecular formula is C35H46N4O5. The highest BCUT2D eigenvalue weighted by Gasteiger charge is 2.27. The molecule has 5 rings (SSSR count). The van der Waals surface area contributed by atoms with E-state index in [0.29, 0.717) is 38.9 Å². The number of hydrogen-bond donors (Lipinski definition) is 3. The number of nitrogens with zero attached hydrogens (tertiary/aromatic N) is 1. The molecule has 0 radical (unpaired) electrons. The number of fused-ring (bicyclic) bond motifs is 1. The van der Waals surface area contributed by atoms with Crippen molar-refractivity contribution in [3.05, 3.63) is 89.0 Å². The molecule has 9 nitrogen and oxygen atoms in total. The van der Waals surface area contributed by atoms with E-state index in [-0.39, 0.29) is 6.10 Å². The Balaban J connectivity index is 1.08. The summed E-state index contributed by atoms with van der Waals surface area (Å²) in [4.78, 5) is 13.4. The van der Waals surface area contributed by atoms with E-state index in [1.54, 1.807) is 7.11 Å². The summed E-state index contributed by atoms with van der Waals surface area (Å²) in [7, 11) is 1.68. The second-order valence-electron chi connectivity index (χ2n) is 11.4. The number of benzene rings is 3. The normalized spacial score (nSPS) is 18.0.